The molecule has 1 heterocycles. The highest BCUT2D eigenvalue weighted by Gasteiger charge is 2.04. The average Bonchev–Trinajstić information content (AvgIpc) is 2.33. The van der Waals surface area contributed by atoms with E-state index in [1.165, 1.54) is 18.3 Å². The van der Waals surface area contributed by atoms with Crippen LogP contribution in [-0.2, 0) is 0 Å². The van der Waals surface area contributed by atoms with Crippen LogP contribution < -0.4 is 0 Å². The van der Waals surface area contributed by atoms with Gasteiger partial charge in [-0.3, -0.25) is 4.79 Å². The Hall–Kier alpha value is -2.10. The summed E-state index contributed by atoms with van der Waals surface area (Å²) in [5.41, 5.74) is 1.53. The summed E-state index contributed by atoms with van der Waals surface area (Å²) in [4.78, 5) is 18.6. The average molecular weight is 216 g/mol. The molecule has 2 rings (SSSR count). The molecule has 0 saturated carbocycles. The van der Waals surface area contributed by atoms with Crippen molar-refractivity contribution < 1.29 is 9.18 Å². The topological polar surface area (TPSA) is 42.9 Å². The van der Waals surface area contributed by atoms with Gasteiger partial charge in [-0.15, -0.1) is 0 Å². The number of aldehydes is 1. The zero-order valence-electron chi connectivity index (χ0n) is 8.64. The van der Waals surface area contributed by atoms with Crippen molar-refractivity contribution in [2.75, 3.05) is 0 Å². The molecule has 2 aromatic rings. The second-order valence-corrected chi connectivity index (χ2v) is 3.39. The number of aromatic nitrogens is 2. The SMILES string of the molecule is Cc1cc(-c2nccc(C=O)n2)ccc1F. The molecule has 4 heteroatoms. The standard InChI is InChI=1S/C12H9FN2O/c1-8-6-9(2-3-11(8)13)12-14-5-4-10(7-16)15-12/h2-7H,1H3. The summed E-state index contributed by atoms with van der Waals surface area (Å²) >= 11 is 0. The van der Waals surface area contributed by atoms with Gasteiger partial charge in [0.1, 0.15) is 11.5 Å². The van der Waals surface area contributed by atoms with Gasteiger partial charge in [-0.2, -0.15) is 0 Å². The lowest BCUT2D eigenvalue weighted by Gasteiger charge is -2.02. The third kappa shape index (κ3) is 1.95. The zero-order valence-corrected chi connectivity index (χ0v) is 8.64. The van der Waals surface area contributed by atoms with E-state index in [1.807, 2.05) is 0 Å². The van der Waals surface area contributed by atoms with Crippen molar-refractivity contribution in [1.82, 2.24) is 9.97 Å². The van der Waals surface area contributed by atoms with Crippen LogP contribution in [0, 0.1) is 12.7 Å². The van der Waals surface area contributed by atoms with Crippen LogP contribution in [0.15, 0.2) is 30.5 Å². The van der Waals surface area contributed by atoms with Crippen molar-refractivity contribution in [2.24, 2.45) is 0 Å². The number of carbonyl (C=O) groups excluding carboxylic acids is 1. The van der Waals surface area contributed by atoms with Gasteiger partial charge in [0.2, 0.25) is 0 Å². The van der Waals surface area contributed by atoms with Gasteiger partial charge in [0.25, 0.3) is 0 Å². The van der Waals surface area contributed by atoms with Crippen LogP contribution in [0.1, 0.15) is 16.1 Å². The van der Waals surface area contributed by atoms with Crippen LogP contribution in [-0.4, -0.2) is 16.3 Å². The quantitative estimate of drug-likeness (QED) is 0.724. The highest BCUT2D eigenvalue weighted by molar-refractivity contribution is 5.72. The number of nitrogens with zero attached hydrogens (tertiary/aromatic N) is 2. The molecule has 1 aromatic carbocycles. The number of hydrogen-bond donors (Lipinski definition) is 0. The van der Waals surface area contributed by atoms with Crippen molar-refractivity contribution in [1.29, 1.82) is 0 Å². The monoisotopic (exact) mass is 216 g/mol. The summed E-state index contributed by atoms with van der Waals surface area (Å²) in [5.74, 6) is 0.156. The van der Waals surface area contributed by atoms with E-state index in [1.54, 1.807) is 19.1 Å². The molecule has 0 aliphatic rings. The number of rotatable bonds is 2. The van der Waals surface area contributed by atoms with E-state index in [9.17, 15) is 9.18 Å². The Kier molecular flexibility index (Phi) is 2.72. The summed E-state index contributed by atoms with van der Waals surface area (Å²) < 4.78 is 13.1. The second kappa shape index (κ2) is 4.18. The number of hydrogen-bond acceptors (Lipinski definition) is 3. The lowest BCUT2D eigenvalue weighted by Crippen LogP contribution is -1.94. The second-order valence-electron chi connectivity index (χ2n) is 3.39. The Labute approximate surface area is 92.0 Å². The molecule has 0 radical (unpaired) electrons. The number of aryl methyl sites for hydroxylation is 1. The minimum Gasteiger partial charge on any atom is -0.296 e. The Morgan fingerprint density at radius 1 is 1.31 bits per heavy atom. The Balaban J connectivity index is 2.49. The van der Waals surface area contributed by atoms with E-state index in [-0.39, 0.29) is 5.82 Å². The van der Waals surface area contributed by atoms with Crippen LogP contribution in [0.4, 0.5) is 4.39 Å². The maximum Gasteiger partial charge on any atom is 0.168 e. The molecule has 0 N–H and O–H groups in total. The first kappa shape index (κ1) is 10.4. The van der Waals surface area contributed by atoms with Crippen LogP contribution in [0.3, 0.4) is 0 Å². The summed E-state index contributed by atoms with van der Waals surface area (Å²) in [6.07, 6.45) is 2.16. The molecule has 0 aliphatic heterocycles. The highest BCUT2D eigenvalue weighted by atomic mass is 19.1. The van der Waals surface area contributed by atoms with Crippen molar-refractivity contribution in [2.45, 2.75) is 6.92 Å². The van der Waals surface area contributed by atoms with E-state index in [2.05, 4.69) is 9.97 Å². The minimum absolute atomic E-state index is 0.268. The first-order chi connectivity index (χ1) is 7.70. The van der Waals surface area contributed by atoms with Gasteiger partial charge in [0, 0.05) is 11.8 Å². The smallest absolute Gasteiger partial charge is 0.168 e. The van der Waals surface area contributed by atoms with E-state index in [0.717, 1.165) is 0 Å². The Bertz CT molecular complexity index is 540. The van der Waals surface area contributed by atoms with Crippen molar-refractivity contribution in [3.05, 3.63) is 47.5 Å². The van der Waals surface area contributed by atoms with Gasteiger partial charge < -0.3 is 0 Å². The fourth-order valence-electron chi connectivity index (χ4n) is 1.36. The predicted molar refractivity (Wildman–Crippen MR) is 57.6 cm³/mol. The lowest BCUT2D eigenvalue weighted by atomic mass is 10.1. The highest BCUT2D eigenvalue weighted by Crippen LogP contribution is 2.17. The fraction of sp³-hybridized carbons (Fsp3) is 0.0833. The molecule has 0 unspecified atom stereocenters. The van der Waals surface area contributed by atoms with Gasteiger partial charge in [-0.25, -0.2) is 14.4 Å². The number of benzene rings is 1. The maximum absolute atomic E-state index is 13.1. The van der Waals surface area contributed by atoms with Crippen LogP contribution in [0.25, 0.3) is 11.4 Å². The van der Waals surface area contributed by atoms with Gasteiger partial charge in [-0.1, -0.05) is 0 Å². The normalized spacial score (nSPS) is 10.1. The lowest BCUT2D eigenvalue weighted by molar-refractivity contribution is 0.111. The summed E-state index contributed by atoms with van der Waals surface area (Å²) in [5, 5.41) is 0. The first-order valence-corrected chi connectivity index (χ1v) is 4.75. The summed E-state index contributed by atoms with van der Waals surface area (Å²) in [6, 6.07) is 6.12. The minimum atomic E-state index is -0.268. The largest absolute Gasteiger partial charge is 0.296 e. The number of carbonyl (C=O) groups is 1. The van der Waals surface area contributed by atoms with E-state index in [4.69, 9.17) is 0 Å². The van der Waals surface area contributed by atoms with Crippen molar-refractivity contribution in [3.63, 3.8) is 0 Å². The van der Waals surface area contributed by atoms with E-state index >= 15 is 0 Å². The van der Waals surface area contributed by atoms with Crippen LogP contribution in [0.2, 0.25) is 0 Å². The number of halogens is 1. The van der Waals surface area contributed by atoms with E-state index < -0.39 is 0 Å². The molecule has 0 bridgehead atoms. The molecule has 0 saturated heterocycles. The molecule has 3 nitrogen and oxygen atoms in total. The van der Waals surface area contributed by atoms with Gasteiger partial charge in [-0.05, 0) is 36.8 Å². The molecule has 80 valence electrons. The summed E-state index contributed by atoms with van der Waals surface area (Å²) in [7, 11) is 0. The molecule has 0 amide bonds. The maximum atomic E-state index is 13.1. The molecule has 0 spiro atoms. The zero-order chi connectivity index (χ0) is 11.5. The molecule has 1 aromatic heterocycles. The Morgan fingerprint density at radius 3 is 2.81 bits per heavy atom. The molecule has 0 fully saturated rings. The third-order valence-corrected chi connectivity index (χ3v) is 2.21. The van der Waals surface area contributed by atoms with Gasteiger partial charge in [0.05, 0.1) is 0 Å². The molecule has 0 aliphatic carbocycles. The third-order valence-electron chi connectivity index (χ3n) is 2.21. The van der Waals surface area contributed by atoms with Gasteiger partial charge >= 0.3 is 0 Å². The van der Waals surface area contributed by atoms with E-state index in [0.29, 0.717) is 28.9 Å². The first-order valence-electron chi connectivity index (χ1n) is 4.75. The fourth-order valence-corrected chi connectivity index (χ4v) is 1.36. The predicted octanol–water partition coefficient (Wildman–Crippen LogP) is 2.40. The Morgan fingerprint density at radius 2 is 2.12 bits per heavy atom. The molecular formula is C12H9FN2O. The van der Waals surface area contributed by atoms with Crippen LogP contribution in [0.5, 0.6) is 0 Å². The molecular weight excluding hydrogens is 207 g/mol. The summed E-state index contributed by atoms with van der Waals surface area (Å²) in [6.45, 7) is 1.67. The molecule has 16 heavy (non-hydrogen) atoms. The van der Waals surface area contributed by atoms with Crippen LogP contribution >= 0.6 is 0 Å². The van der Waals surface area contributed by atoms with Crippen molar-refractivity contribution >= 4 is 6.29 Å². The van der Waals surface area contributed by atoms with Crippen molar-refractivity contribution in [3.8, 4) is 11.4 Å². The molecule has 0 atom stereocenters. The van der Waals surface area contributed by atoms with Gasteiger partial charge in [0.15, 0.2) is 12.1 Å².